The Morgan fingerprint density at radius 2 is 2.12 bits per heavy atom. The monoisotopic (exact) mass is 226 g/mol. The van der Waals surface area contributed by atoms with E-state index in [4.69, 9.17) is 5.11 Å². The van der Waals surface area contributed by atoms with E-state index in [0.29, 0.717) is 5.41 Å². The summed E-state index contributed by atoms with van der Waals surface area (Å²) >= 11 is 0. The molecule has 1 saturated carbocycles. The largest absolute Gasteiger partial charge is 0.480 e. The van der Waals surface area contributed by atoms with Gasteiger partial charge in [0.05, 0.1) is 6.04 Å². The van der Waals surface area contributed by atoms with Crippen molar-refractivity contribution in [2.45, 2.75) is 44.7 Å². The van der Waals surface area contributed by atoms with Crippen molar-refractivity contribution in [1.82, 2.24) is 10.6 Å². The van der Waals surface area contributed by atoms with Crippen LogP contribution in [0.2, 0.25) is 0 Å². The van der Waals surface area contributed by atoms with Gasteiger partial charge in [0.2, 0.25) is 5.91 Å². The van der Waals surface area contributed by atoms with Gasteiger partial charge in [-0.25, -0.2) is 0 Å². The molecule has 3 N–H and O–H groups in total. The molecule has 2 aliphatic rings. The van der Waals surface area contributed by atoms with E-state index in [0.717, 1.165) is 19.4 Å². The first-order valence-corrected chi connectivity index (χ1v) is 5.79. The highest BCUT2D eigenvalue weighted by Crippen LogP contribution is 2.53. The van der Waals surface area contributed by atoms with E-state index < -0.39 is 12.0 Å². The third-order valence-corrected chi connectivity index (χ3v) is 3.69. The number of carboxylic acid groups (broad SMARTS) is 1. The summed E-state index contributed by atoms with van der Waals surface area (Å²) in [7, 11) is 0. The van der Waals surface area contributed by atoms with Gasteiger partial charge in [0.25, 0.3) is 0 Å². The van der Waals surface area contributed by atoms with Gasteiger partial charge in [-0.1, -0.05) is 0 Å². The number of carboxylic acids is 1. The second kappa shape index (κ2) is 4.05. The minimum atomic E-state index is -0.995. The van der Waals surface area contributed by atoms with Crippen molar-refractivity contribution in [2.75, 3.05) is 6.54 Å². The zero-order valence-electron chi connectivity index (χ0n) is 9.45. The smallest absolute Gasteiger partial charge is 0.325 e. The molecule has 0 radical (unpaired) electrons. The van der Waals surface area contributed by atoms with E-state index in [9.17, 15) is 9.59 Å². The number of amides is 1. The van der Waals surface area contributed by atoms with Crippen molar-refractivity contribution < 1.29 is 14.7 Å². The molecule has 1 unspecified atom stereocenters. The predicted molar refractivity (Wildman–Crippen MR) is 57.9 cm³/mol. The van der Waals surface area contributed by atoms with E-state index in [-0.39, 0.29) is 11.9 Å². The summed E-state index contributed by atoms with van der Waals surface area (Å²) in [6.07, 6.45) is 4.43. The Kier molecular flexibility index (Phi) is 2.88. The molecular weight excluding hydrogens is 208 g/mol. The van der Waals surface area contributed by atoms with Gasteiger partial charge in [0.15, 0.2) is 0 Å². The highest BCUT2D eigenvalue weighted by Gasteiger charge is 2.47. The lowest BCUT2D eigenvalue weighted by atomic mass is 9.89. The van der Waals surface area contributed by atoms with Crippen molar-refractivity contribution in [3.8, 4) is 0 Å². The molecule has 1 saturated heterocycles. The molecule has 1 heterocycles. The van der Waals surface area contributed by atoms with Crippen LogP contribution in [0.5, 0.6) is 0 Å². The molecule has 90 valence electrons. The molecule has 0 aromatic rings. The fourth-order valence-corrected chi connectivity index (χ4v) is 2.31. The summed E-state index contributed by atoms with van der Waals surface area (Å²) in [5, 5.41) is 14.4. The molecule has 0 aromatic heterocycles. The first-order chi connectivity index (χ1) is 7.52. The molecular formula is C11H18N2O3. The number of carbonyl (C=O) groups excluding carboxylic acids is 1. The number of nitrogens with one attached hydrogen (secondary N) is 2. The molecule has 2 atom stereocenters. The van der Waals surface area contributed by atoms with Gasteiger partial charge in [-0.3, -0.25) is 9.59 Å². The number of hydrogen-bond donors (Lipinski definition) is 3. The predicted octanol–water partition coefficient (Wildman–Crippen LogP) is 0.108. The van der Waals surface area contributed by atoms with Crippen molar-refractivity contribution in [1.29, 1.82) is 0 Å². The summed E-state index contributed by atoms with van der Waals surface area (Å²) in [5.74, 6) is -1.17. The van der Waals surface area contributed by atoms with Crippen molar-refractivity contribution in [3.05, 3.63) is 0 Å². The Labute approximate surface area is 94.6 Å². The molecule has 2 rings (SSSR count). The van der Waals surface area contributed by atoms with Crippen molar-refractivity contribution >= 4 is 11.9 Å². The highest BCUT2D eigenvalue weighted by molar-refractivity contribution is 5.86. The Bertz CT molecular complexity index is 312. The average Bonchev–Trinajstić information content (AvgIpc) is 2.97. The second-order valence-corrected chi connectivity index (χ2v) is 5.03. The maximum atomic E-state index is 11.8. The summed E-state index contributed by atoms with van der Waals surface area (Å²) in [5.41, 5.74) is 0.389. The lowest BCUT2D eigenvalue weighted by Gasteiger charge is -2.29. The molecule has 5 heteroatoms. The fraction of sp³-hybridized carbons (Fsp3) is 0.818. The summed E-state index contributed by atoms with van der Waals surface area (Å²) < 4.78 is 0. The van der Waals surface area contributed by atoms with Crippen LogP contribution in [-0.2, 0) is 9.59 Å². The van der Waals surface area contributed by atoms with Gasteiger partial charge in [-0.15, -0.1) is 0 Å². The van der Waals surface area contributed by atoms with Crippen LogP contribution in [0.4, 0.5) is 0 Å². The maximum Gasteiger partial charge on any atom is 0.325 e. The van der Waals surface area contributed by atoms with Crippen molar-refractivity contribution in [3.63, 3.8) is 0 Å². The van der Waals surface area contributed by atoms with Gasteiger partial charge in [0.1, 0.15) is 6.04 Å². The summed E-state index contributed by atoms with van der Waals surface area (Å²) in [6, 6.07) is -1.02. The SMILES string of the molecule is CC(NC(=O)[C@@H]1CC2(CCN1)CC2)C(=O)O. The van der Waals surface area contributed by atoms with Crippen LogP contribution in [0.1, 0.15) is 32.6 Å². The Morgan fingerprint density at radius 1 is 1.44 bits per heavy atom. The van der Waals surface area contributed by atoms with Crippen molar-refractivity contribution in [2.24, 2.45) is 5.41 Å². The first-order valence-electron chi connectivity index (χ1n) is 5.79. The number of aliphatic carboxylic acids is 1. The minimum Gasteiger partial charge on any atom is -0.480 e. The first kappa shape index (κ1) is 11.4. The van der Waals surface area contributed by atoms with Gasteiger partial charge in [0, 0.05) is 0 Å². The molecule has 1 amide bonds. The van der Waals surface area contributed by atoms with E-state index >= 15 is 0 Å². The fourth-order valence-electron chi connectivity index (χ4n) is 2.31. The number of hydrogen-bond acceptors (Lipinski definition) is 3. The topological polar surface area (TPSA) is 78.4 Å². The van der Waals surface area contributed by atoms with Crippen LogP contribution in [0, 0.1) is 5.41 Å². The Hall–Kier alpha value is -1.10. The molecule has 1 spiro atoms. The van der Waals surface area contributed by atoms with Gasteiger partial charge >= 0.3 is 5.97 Å². The third-order valence-electron chi connectivity index (χ3n) is 3.69. The van der Waals surface area contributed by atoms with E-state index in [1.54, 1.807) is 0 Å². The van der Waals surface area contributed by atoms with E-state index in [1.165, 1.54) is 19.8 Å². The standard InChI is InChI=1S/C11H18N2O3/c1-7(10(15)16)13-9(14)8-6-11(2-3-11)4-5-12-8/h7-8,12H,2-6H2,1H3,(H,13,14)(H,15,16)/t7?,8-/m0/s1. The minimum absolute atomic E-state index is 0.180. The van der Waals surface area contributed by atoms with Gasteiger partial charge < -0.3 is 15.7 Å². The summed E-state index contributed by atoms with van der Waals surface area (Å²) in [4.78, 5) is 22.4. The summed E-state index contributed by atoms with van der Waals surface area (Å²) in [6.45, 7) is 2.34. The van der Waals surface area contributed by atoms with Crippen LogP contribution in [0.25, 0.3) is 0 Å². The molecule has 0 aromatic carbocycles. The molecule has 0 bridgehead atoms. The maximum absolute atomic E-state index is 11.8. The van der Waals surface area contributed by atoms with Crippen LogP contribution < -0.4 is 10.6 Å². The lowest BCUT2D eigenvalue weighted by molar-refractivity contribution is -0.141. The quantitative estimate of drug-likeness (QED) is 0.638. The van der Waals surface area contributed by atoms with Gasteiger partial charge in [-0.2, -0.15) is 0 Å². The normalized spacial score (nSPS) is 28.4. The zero-order valence-corrected chi connectivity index (χ0v) is 9.45. The zero-order chi connectivity index (χ0) is 11.8. The third kappa shape index (κ3) is 2.35. The van der Waals surface area contributed by atoms with Crippen LogP contribution in [0.15, 0.2) is 0 Å². The molecule has 1 aliphatic heterocycles. The van der Waals surface area contributed by atoms with E-state index in [2.05, 4.69) is 10.6 Å². The molecule has 1 aliphatic carbocycles. The molecule has 5 nitrogen and oxygen atoms in total. The molecule has 16 heavy (non-hydrogen) atoms. The molecule has 2 fully saturated rings. The van der Waals surface area contributed by atoms with Crippen LogP contribution >= 0.6 is 0 Å². The average molecular weight is 226 g/mol. The van der Waals surface area contributed by atoms with Gasteiger partial charge in [-0.05, 0) is 44.6 Å². The number of rotatable bonds is 3. The number of carbonyl (C=O) groups is 2. The van der Waals surface area contributed by atoms with E-state index in [1.807, 2.05) is 0 Å². The Balaban J connectivity index is 1.87. The van der Waals surface area contributed by atoms with Crippen LogP contribution in [0.3, 0.4) is 0 Å². The Morgan fingerprint density at radius 3 is 2.69 bits per heavy atom. The number of piperidine rings is 1. The highest BCUT2D eigenvalue weighted by atomic mass is 16.4. The van der Waals surface area contributed by atoms with Crippen LogP contribution in [-0.4, -0.2) is 35.6 Å². The lowest BCUT2D eigenvalue weighted by Crippen LogP contribution is -2.52. The second-order valence-electron chi connectivity index (χ2n) is 5.03.